The second-order valence-corrected chi connectivity index (χ2v) is 8.74. The minimum Gasteiger partial charge on any atom is -0.373 e. The molecule has 0 bridgehead atoms. The molecule has 0 N–H and O–H groups in total. The van der Waals surface area contributed by atoms with Gasteiger partial charge < -0.3 is 14.4 Å². The van der Waals surface area contributed by atoms with Crippen LogP contribution in [0, 0.1) is 5.92 Å². The van der Waals surface area contributed by atoms with Crippen molar-refractivity contribution in [3.63, 3.8) is 0 Å². The van der Waals surface area contributed by atoms with E-state index in [2.05, 4.69) is 36.4 Å². The van der Waals surface area contributed by atoms with E-state index in [0.29, 0.717) is 0 Å². The topological polar surface area (TPSA) is 42.1 Å². The molecule has 4 nitrogen and oxygen atoms in total. The first kappa shape index (κ1) is 17.9. The molecule has 0 unspecified atom stereocenters. The lowest BCUT2D eigenvalue weighted by Crippen LogP contribution is -2.48. The molecule has 4 heteroatoms. The van der Waals surface area contributed by atoms with Crippen molar-refractivity contribution in [1.29, 1.82) is 0 Å². The van der Waals surface area contributed by atoms with Gasteiger partial charge in [0.1, 0.15) is 5.72 Å². The van der Waals surface area contributed by atoms with Crippen molar-refractivity contribution in [3.05, 3.63) is 71.3 Å². The summed E-state index contributed by atoms with van der Waals surface area (Å²) in [6.07, 6.45) is 2.66. The highest BCUT2D eigenvalue weighted by Gasteiger charge is 2.54. The Bertz CT molecular complexity index is 874. The molecular formula is C24H27NO3. The van der Waals surface area contributed by atoms with E-state index >= 15 is 0 Å². The van der Waals surface area contributed by atoms with Gasteiger partial charge in [-0.05, 0) is 43.4 Å². The monoisotopic (exact) mass is 377 g/mol. The summed E-state index contributed by atoms with van der Waals surface area (Å²) in [6, 6.07) is 18.8. The van der Waals surface area contributed by atoms with E-state index in [-0.39, 0.29) is 30.1 Å². The van der Waals surface area contributed by atoms with E-state index < -0.39 is 5.72 Å². The molecule has 1 aliphatic carbocycles. The van der Waals surface area contributed by atoms with Gasteiger partial charge in [-0.25, -0.2) is 0 Å². The van der Waals surface area contributed by atoms with Crippen LogP contribution in [0.25, 0.3) is 0 Å². The number of fused-ring (bicyclic) bond motifs is 3. The minimum absolute atomic E-state index is 0.0112. The van der Waals surface area contributed by atoms with Crippen LogP contribution in [0.2, 0.25) is 0 Å². The van der Waals surface area contributed by atoms with Crippen LogP contribution in [0.5, 0.6) is 0 Å². The molecule has 2 fully saturated rings. The predicted molar refractivity (Wildman–Crippen MR) is 107 cm³/mol. The van der Waals surface area contributed by atoms with E-state index in [1.54, 1.807) is 0 Å². The molecular weight excluding hydrogens is 350 g/mol. The van der Waals surface area contributed by atoms with E-state index in [1.807, 2.05) is 36.9 Å². The van der Waals surface area contributed by atoms with Gasteiger partial charge in [0.2, 0.25) is 5.91 Å². The van der Waals surface area contributed by atoms with Crippen molar-refractivity contribution in [3.8, 4) is 0 Å². The van der Waals surface area contributed by atoms with E-state index in [9.17, 15) is 4.79 Å². The number of amides is 1. The number of carbonyl (C=O) groups excluding carboxylic acids is 1. The summed E-state index contributed by atoms with van der Waals surface area (Å²) in [5.41, 5.74) is 3.14. The van der Waals surface area contributed by atoms with Gasteiger partial charge in [-0.3, -0.25) is 4.79 Å². The SMILES string of the molecule is CC1(C)O[C@H]2Cc3ccccc3[C@H]2N1C(=O)[C@H](Cc1ccccc1)C[C@H]1CO1. The molecule has 0 radical (unpaired) electrons. The quantitative estimate of drug-likeness (QED) is 0.743. The number of benzene rings is 2. The van der Waals surface area contributed by atoms with Crippen molar-refractivity contribution in [2.75, 3.05) is 6.61 Å². The maximum atomic E-state index is 13.9. The van der Waals surface area contributed by atoms with E-state index in [4.69, 9.17) is 9.47 Å². The number of hydrogen-bond acceptors (Lipinski definition) is 3. The molecule has 3 aliphatic rings. The van der Waals surface area contributed by atoms with Gasteiger partial charge in [0.15, 0.2) is 0 Å². The molecule has 2 aliphatic heterocycles. The standard InChI is InChI=1S/C24H27NO3/c1-24(2)25(22-20-11-7-6-10-17(20)14-21(22)28-24)23(26)18(13-19-15-27-19)12-16-8-4-3-5-9-16/h3-11,18-19,21-22H,12-15H2,1-2H3/t18-,19+,21+,22-/m1/s1. The van der Waals surface area contributed by atoms with Gasteiger partial charge in [-0.1, -0.05) is 54.6 Å². The Morgan fingerprint density at radius 3 is 2.61 bits per heavy atom. The highest BCUT2D eigenvalue weighted by Crippen LogP contribution is 2.49. The molecule has 5 rings (SSSR count). The average Bonchev–Trinajstić information content (AvgIpc) is 3.37. The van der Waals surface area contributed by atoms with Gasteiger partial charge in [0.25, 0.3) is 0 Å². The van der Waals surface area contributed by atoms with Crippen LogP contribution in [0.3, 0.4) is 0 Å². The summed E-state index contributed by atoms with van der Waals surface area (Å²) in [5.74, 6) is 0.0952. The second kappa shape index (κ2) is 6.71. The average molecular weight is 377 g/mol. The lowest BCUT2D eigenvalue weighted by atomic mass is 9.91. The fourth-order valence-electron chi connectivity index (χ4n) is 5.00. The summed E-state index contributed by atoms with van der Waals surface area (Å²) >= 11 is 0. The normalized spacial score (nSPS) is 27.9. The third-order valence-corrected chi connectivity index (χ3v) is 6.31. The largest absolute Gasteiger partial charge is 0.373 e. The van der Waals surface area contributed by atoms with Gasteiger partial charge >= 0.3 is 0 Å². The number of hydrogen-bond donors (Lipinski definition) is 0. The lowest BCUT2D eigenvalue weighted by molar-refractivity contribution is -0.152. The number of carbonyl (C=O) groups is 1. The molecule has 0 spiro atoms. The third-order valence-electron chi connectivity index (χ3n) is 6.31. The predicted octanol–water partition coefficient (Wildman–Crippen LogP) is 3.90. The van der Waals surface area contributed by atoms with Gasteiger partial charge in [-0.2, -0.15) is 0 Å². The number of rotatable bonds is 5. The molecule has 146 valence electrons. The number of ether oxygens (including phenoxy) is 2. The highest BCUT2D eigenvalue weighted by molar-refractivity contribution is 5.81. The summed E-state index contributed by atoms with van der Waals surface area (Å²) < 4.78 is 11.9. The Morgan fingerprint density at radius 2 is 1.86 bits per heavy atom. The summed E-state index contributed by atoms with van der Waals surface area (Å²) in [7, 11) is 0. The molecule has 0 saturated carbocycles. The molecule has 2 heterocycles. The molecule has 1 amide bonds. The van der Waals surface area contributed by atoms with Crippen LogP contribution in [0.1, 0.15) is 43.0 Å². The van der Waals surface area contributed by atoms with Crippen LogP contribution in [-0.4, -0.2) is 35.3 Å². The second-order valence-electron chi connectivity index (χ2n) is 8.74. The maximum absolute atomic E-state index is 13.9. The molecule has 2 saturated heterocycles. The number of nitrogens with zero attached hydrogens (tertiary/aromatic N) is 1. The van der Waals surface area contributed by atoms with Gasteiger partial charge in [0.05, 0.1) is 24.9 Å². The van der Waals surface area contributed by atoms with Crippen molar-refractivity contribution >= 4 is 5.91 Å². The zero-order valence-electron chi connectivity index (χ0n) is 16.5. The molecule has 2 aromatic rings. The fraction of sp³-hybridized carbons (Fsp3) is 0.458. The first-order valence-electron chi connectivity index (χ1n) is 10.3. The van der Waals surface area contributed by atoms with Crippen molar-refractivity contribution in [2.45, 2.75) is 57.1 Å². The Morgan fingerprint density at radius 1 is 1.14 bits per heavy atom. The Kier molecular flexibility index (Phi) is 4.29. The van der Waals surface area contributed by atoms with Gasteiger partial charge in [-0.15, -0.1) is 0 Å². The van der Waals surface area contributed by atoms with Crippen molar-refractivity contribution < 1.29 is 14.3 Å². The van der Waals surface area contributed by atoms with Crippen LogP contribution >= 0.6 is 0 Å². The lowest BCUT2D eigenvalue weighted by Gasteiger charge is -2.36. The number of epoxide rings is 1. The zero-order chi connectivity index (χ0) is 19.3. The van der Waals surface area contributed by atoms with Crippen LogP contribution < -0.4 is 0 Å². The van der Waals surface area contributed by atoms with Crippen LogP contribution in [0.4, 0.5) is 0 Å². The van der Waals surface area contributed by atoms with Crippen LogP contribution in [0.15, 0.2) is 54.6 Å². The molecule has 4 atom stereocenters. The van der Waals surface area contributed by atoms with E-state index in [0.717, 1.165) is 25.9 Å². The summed E-state index contributed by atoms with van der Waals surface area (Å²) in [4.78, 5) is 15.9. The van der Waals surface area contributed by atoms with Crippen molar-refractivity contribution in [2.24, 2.45) is 5.92 Å². The molecule has 0 aromatic heterocycles. The molecule has 28 heavy (non-hydrogen) atoms. The smallest absolute Gasteiger partial charge is 0.228 e. The zero-order valence-corrected chi connectivity index (χ0v) is 16.5. The van der Waals surface area contributed by atoms with Gasteiger partial charge in [0, 0.05) is 12.3 Å². The minimum atomic E-state index is -0.598. The highest BCUT2D eigenvalue weighted by atomic mass is 16.6. The van der Waals surface area contributed by atoms with E-state index in [1.165, 1.54) is 16.7 Å². The summed E-state index contributed by atoms with van der Waals surface area (Å²) in [5, 5.41) is 0. The maximum Gasteiger partial charge on any atom is 0.228 e. The Hall–Kier alpha value is -2.17. The first-order chi connectivity index (χ1) is 13.5. The Balaban J connectivity index is 1.46. The third kappa shape index (κ3) is 3.15. The van der Waals surface area contributed by atoms with Crippen LogP contribution in [-0.2, 0) is 27.1 Å². The molecule has 2 aromatic carbocycles. The first-order valence-corrected chi connectivity index (χ1v) is 10.3. The fourth-order valence-corrected chi connectivity index (χ4v) is 5.00. The Labute approximate surface area is 166 Å². The summed E-state index contributed by atoms with van der Waals surface area (Å²) in [6.45, 7) is 4.82. The van der Waals surface area contributed by atoms with Crippen molar-refractivity contribution in [1.82, 2.24) is 4.90 Å².